The van der Waals surface area contributed by atoms with E-state index in [4.69, 9.17) is 8.83 Å². The molecule has 1 aliphatic rings. The highest BCUT2D eigenvalue weighted by Gasteiger charge is 2.57. The molecule has 5 rings (SSSR count). The van der Waals surface area contributed by atoms with Gasteiger partial charge in [0.15, 0.2) is 0 Å². The van der Waals surface area contributed by atoms with E-state index in [-0.39, 0.29) is 36.4 Å². The predicted octanol–water partition coefficient (Wildman–Crippen LogP) is 4.13. The molecule has 2 aromatic heterocycles. The lowest BCUT2D eigenvalue weighted by Crippen LogP contribution is -2.64. The monoisotopic (exact) mass is 628 g/mol. The molecule has 1 saturated heterocycles. The number of hydrogen-bond donors (Lipinski definition) is 0. The van der Waals surface area contributed by atoms with Crippen molar-refractivity contribution in [2.24, 2.45) is 5.41 Å². The molecule has 13 heteroatoms. The van der Waals surface area contributed by atoms with E-state index in [0.717, 1.165) is 18.7 Å². The van der Waals surface area contributed by atoms with Crippen LogP contribution in [0.3, 0.4) is 0 Å². The maximum Gasteiger partial charge on any atom is 0.332 e. The fourth-order valence-electron chi connectivity index (χ4n) is 4.15. The number of barbiturate groups is 1. The van der Waals surface area contributed by atoms with Crippen molar-refractivity contribution in [2.45, 2.75) is 12.8 Å². The Morgan fingerprint density at radius 2 is 1.11 bits per heavy atom. The Labute approximate surface area is 227 Å². The Kier molecular flexibility index (Phi) is 6.50. The number of rotatable bonds is 6. The second kappa shape index (κ2) is 9.63. The fraction of sp³-hybridized carbons (Fsp3) is 0.208. The molecule has 188 valence electrons. The number of halogens is 2. The van der Waals surface area contributed by atoms with Gasteiger partial charge in [0, 0.05) is 35.9 Å². The molecule has 0 N–H and O–H groups in total. The van der Waals surface area contributed by atoms with E-state index in [1.807, 2.05) is 36.4 Å². The minimum atomic E-state index is -1.83. The van der Waals surface area contributed by atoms with Crippen LogP contribution in [0.25, 0.3) is 22.9 Å². The molecular weight excluding hydrogens is 612 g/mol. The molecule has 0 atom stereocenters. The van der Waals surface area contributed by atoms with Crippen molar-refractivity contribution in [1.29, 1.82) is 0 Å². The van der Waals surface area contributed by atoms with Gasteiger partial charge in [0.2, 0.25) is 35.4 Å². The second-order valence-electron chi connectivity index (χ2n) is 8.41. The molecule has 4 amide bonds. The van der Waals surface area contributed by atoms with Crippen molar-refractivity contribution in [1.82, 2.24) is 30.2 Å². The Bertz CT molecular complexity index is 1420. The quantitative estimate of drug-likeness (QED) is 0.288. The van der Waals surface area contributed by atoms with Gasteiger partial charge in [-0.25, -0.2) is 4.79 Å². The lowest BCUT2D eigenvalue weighted by Gasteiger charge is -2.40. The zero-order chi connectivity index (χ0) is 26.3. The molecule has 0 radical (unpaired) electrons. The lowest BCUT2D eigenvalue weighted by atomic mass is 9.76. The van der Waals surface area contributed by atoms with Crippen molar-refractivity contribution >= 4 is 49.7 Å². The third-order valence-corrected chi connectivity index (χ3v) is 7.43. The standard InChI is InChI=1S/C24H18Br2N6O5/c1-31-21(33)24(22(34)32(2)23(31)35,11-17-27-29-19(36-17)13-7-3-5-9-15(13)25)12-18-28-30-20(37-18)14-8-4-6-10-16(14)26/h3-10H,11-12H2,1-2H3. The smallest absolute Gasteiger partial charge is 0.332 e. The van der Waals surface area contributed by atoms with Crippen LogP contribution in [0.4, 0.5) is 4.79 Å². The van der Waals surface area contributed by atoms with Gasteiger partial charge in [0.1, 0.15) is 5.41 Å². The van der Waals surface area contributed by atoms with E-state index in [1.54, 1.807) is 12.1 Å². The zero-order valence-electron chi connectivity index (χ0n) is 19.5. The maximum absolute atomic E-state index is 13.5. The summed E-state index contributed by atoms with van der Waals surface area (Å²) in [4.78, 5) is 41.4. The van der Waals surface area contributed by atoms with Crippen molar-refractivity contribution in [3.05, 3.63) is 69.3 Å². The topological polar surface area (TPSA) is 136 Å². The Morgan fingerprint density at radius 3 is 1.51 bits per heavy atom. The summed E-state index contributed by atoms with van der Waals surface area (Å²) in [6.45, 7) is 0. The third-order valence-electron chi connectivity index (χ3n) is 6.05. The molecule has 1 fully saturated rings. The second-order valence-corrected chi connectivity index (χ2v) is 10.1. The van der Waals surface area contributed by atoms with E-state index >= 15 is 0 Å². The normalized spacial score (nSPS) is 15.5. The number of aromatic nitrogens is 4. The molecule has 0 bridgehead atoms. The number of benzene rings is 2. The highest BCUT2D eigenvalue weighted by Crippen LogP contribution is 2.37. The van der Waals surface area contributed by atoms with Crippen LogP contribution < -0.4 is 0 Å². The summed E-state index contributed by atoms with van der Waals surface area (Å²) < 4.78 is 13.2. The van der Waals surface area contributed by atoms with Crippen LogP contribution in [0.15, 0.2) is 66.3 Å². The molecule has 0 aliphatic carbocycles. The minimum absolute atomic E-state index is 0.0362. The summed E-state index contributed by atoms with van der Waals surface area (Å²) >= 11 is 6.89. The number of amides is 4. The maximum atomic E-state index is 13.5. The number of urea groups is 1. The highest BCUT2D eigenvalue weighted by molar-refractivity contribution is 9.11. The average Bonchev–Trinajstić information content (AvgIpc) is 3.55. The van der Waals surface area contributed by atoms with Crippen LogP contribution in [0.5, 0.6) is 0 Å². The summed E-state index contributed by atoms with van der Waals surface area (Å²) in [6.07, 6.45) is -0.562. The number of imide groups is 2. The SMILES string of the molecule is CN1C(=O)N(C)C(=O)C(Cc2nnc(-c3ccccc3Br)o2)(Cc2nnc(-c3ccccc3Br)o2)C1=O. The first-order valence-electron chi connectivity index (χ1n) is 11.0. The first kappa shape index (κ1) is 25.0. The van der Waals surface area contributed by atoms with Gasteiger partial charge in [-0.3, -0.25) is 19.4 Å². The van der Waals surface area contributed by atoms with Gasteiger partial charge >= 0.3 is 6.03 Å². The summed E-state index contributed by atoms with van der Waals surface area (Å²) in [5.41, 5.74) is -0.528. The van der Waals surface area contributed by atoms with Gasteiger partial charge in [0.05, 0.1) is 11.1 Å². The predicted molar refractivity (Wildman–Crippen MR) is 136 cm³/mol. The Morgan fingerprint density at radius 1 is 0.703 bits per heavy atom. The Hall–Kier alpha value is -3.71. The van der Waals surface area contributed by atoms with Crippen molar-refractivity contribution < 1.29 is 23.2 Å². The summed E-state index contributed by atoms with van der Waals surface area (Å²) in [6, 6.07) is 13.8. The highest BCUT2D eigenvalue weighted by atomic mass is 79.9. The first-order chi connectivity index (χ1) is 17.7. The largest absolute Gasteiger partial charge is 0.421 e. The van der Waals surface area contributed by atoms with Crippen LogP contribution in [0, 0.1) is 5.41 Å². The van der Waals surface area contributed by atoms with E-state index in [9.17, 15) is 14.4 Å². The molecule has 11 nitrogen and oxygen atoms in total. The first-order valence-corrected chi connectivity index (χ1v) is 12.5. The van der Waals surface area contributed by atoms with E-state index < -0.39 is 23.3 Å². The molecular formula is C24H18Br2N6O5. The zero-order valence-corrected chi connectivity index (χ0v) is 22.7. The molecule has 2 aromatic carbocycles. The van der Waals surface area contributed by atoms with Gasteiger partial charge in [0.25, 0.3) is 0 Å². The van der Waals surface area contributed by atoms with Crippen LogP contribution in [-0.4, -0.2) is 62.1 Å². The molecule has 0 saturated carbocycles. The molecule has 1 aliphatic heterocycles. The number of carbonyl (C=O) groups excluding carboxylic acids is 3. The van der Waals surface area contributed by atoms with Crippen molar-refractivity contribution in [2.75, 3.05) is 14.1 Å². The molecule has 0 spiro atoms. The summed E-state index contributed by atoms with van der Waals surface area (Å²) in [5, 5.41) is 16.3. The third kappa shape index (κ3) is 4.37. The number of hydrogen-bond acceptors (Lipinski definition) is 9. The van der Waals surface area contributed by atoms with Crippen LogP contribution in [-0.2, 0) is 22.4 Å². The number of nitrogens with zero attached hydrogens (tertiary/aromatic N) is 6. The van der Waals surface area contributed by atoms with Crippen molar-refractivity contribution in [3.8, 4) is 22.9 Å². The summed E-state index contributed by atoms with van der Waals surface area (Å²) in [5.74, 6) is -0.979. The average molecular weight is 630 g/mol. The van der Waals surface area contributed by atoms with Crippen LogP contribution in [0.1, 0.15) is 11.8 Å². The van der Waals surface area contributed by atoms with Crippen LogP contribution in [0.2, 0.25) is 0 Å². The Balaban J connectivity index is 1.54. The van der Waals surface area contributed by atoms with Gasteiger partial charge < -0.3 is 8.83 Å². The van der Waals surface area contributed by atoms with E-state index in [0.29, 0.717) is 11.1 Å². The van der Waals surface area contributed by atoms with E-state index in [1.165, 1.54) is 14.1 Å². The minimum Gasteiger partial charge on any atom is -0.421 e. The molecule has 0 unspecified atom stereocenters. The molecule has 37 heavy (non-hydrogen) atoms. The fourth-order valence-corrected chi connectivity index (χ4v) is 5.06. The van der Waals surface area contributed by atoms with Gasteiger partial charge in [-0.15, -0.1) is 20.4 Å². The van der Waals surface area contributed by atoms with Gasteiger partial charge in [-0.1, -0.05) is 24.3 Å². The number of carbonyl (C=O) groups is 3. The summed E-state index contributed by atoms with van der Waals surface area (Å²) in [7, 11) is 2.62. The van der Waals surface area contributed by atoms with Gasteiger partial charge in [-0.05, 0) is 56.1 Å². The molecule has 3 heterocycles. The van der Waals surface area contributed by atoms with Crippen molar-refractivity contribution in [3.63, 3.8) is 0 Å². The van der Waals surface area contributed by atoms with Crippen LogP contribution >= 0.6 is 31.9 Å². The van der Waals surface area contributed by atoms with E-state index in [2.05, 4.69) is 52.3 Å². The lowest BCUT2D eigenvalue weighted by molar-refractivity contribution is -0.157. The van der Waals surface area contributed by atoms with Gasteiger partial charge in [-0.2, -0.15) is 0 Å². The molecule has 4 aromatic rings.